The Morgan fingerprint density at radius 1 is 0.810 bits per heavy atom. The van der Waals surface area contributed by atoms with Gasteiger partial charge in [0.05, 0.1) is 0 Å². The van der Waals surface area contributed by atoms with Crippen LogP contribution in [-0.2, 0) is 0 Å². The van der Waals surface area contributed by atoms with Crippen LogP contribution in [0.3, 0.4) is 0 Å². The van der Waals surface area contributed by atoms with E-state index in [0.29, 0.717) is 0 Å². The second-order valence-electron chi connectivity index (χ2n) is 5.21. The fourth-order valence-corrected chi connectivity index (χ4v) is 2.64. The van der Waals surface area contributed by atoms with Crippen molar-refractivity contribution in [3.05, 3.63) is 85.5 Å². The van der Waals surface area contributed by atoms with Gasteiger partial charge in [-0.15, -0.1) is 6.58 Å². The number of hydrogen-bond donors (Lipinski definition) is 0. The van der Waals surface area contributed by atoms with Crippen molar-refractivity contribution in [1.29, 1.82) is 0 Å². The Balaban J connectivity index is 2.12. The van der Waals surface area contributed by atoms with Crippen molar-refractivity contribution in [2.24, 2.45) is 0 Å². The van der Waals surface area contributed by atoms with Gasteiger partial charge in [0.2, 0.25) is 0 Å². The third-order valence-electron chi connectivity index (χ3n) is 3.79. The topological polar surface area (TPSA) is 3.24 Å². The number of fused-ring (bicyclic) bond motifs is 1. The lowest BCUT2D eigenvalue weighted by atomic mass is 10.1. The standard InChI is InChI=1S/C20H19N/c1-3-16(2)21(19-11-5-4-6-12-19)20-14-13-17-9-7-8-10-18(17)15-20/h3-16H,1H2,2H3. The molecule has 0 radical (unpaired) electrons. The van der Waals surface area contributed by atoms with E-state index in [0.717, 1.165) is 0 Å². The van der Waals surface area contributed by atoms with Gasteiger partial charge < -0.3 is 4.90 Å². The van der Waals surface area contributed by atoms with Gasteiger partial charge in [0.15, 0.2) is 0 Å². The summed E-state index contributed by atoms with van der Waals surface area (Å²) in [5, 5.41) is 2.52. The van der Waals surface area contributed by atoms with Gasteiger partial charge in [-0.2, -0.15) is 0 Å². The zero-order valence-corrected chi connectivity index (χ0v) is 12.2. The number of anilines is 2. The third kappa shape index (κ3) is 2.68. The Morgan fingerprint density at radius 3 is 2.19 bits per heavy atom. The summed E-state index contributed by atoms with van der Waals surface area (Å²) in [4.78, 5) is 2.30. The maximum Gasteiger partial charge on any atom is 0.0491 e. The maximum atomic E-state index is 3.95. The maximum absolute atomic E-state index is 3.95. The van der Waals surface area contributed by atoms with E-state index >= 15 is 0 Å². The molecule has 0 spiro atoms. The molecule has 1 unspecified atom stereocenters. The average molecular weight is 273 g/mol. The van der Waals surface area contributed by atoms with Crippen molar-refractivity contribution >= 4 is 22.1 Å². The summed E-state index contributed by atoms with van der Waals surface area (Å²) in [5.41, 5.74) is 2.37. The molecule has 0 saturated carbocycles. The Bertz CT molecular complexity index is 746. The van der Waals surface area contributed by atoms with Gasteiger partial charge in [0, 0.05) is 17.4 Å². The Labute approximate surface area is 126 Å². The molecule has 21 heavy (non-hydrogen) atoms. The van der Waals surface area contributed by atoms with E-state index in [1.165, 1.54) is 22.1 Å². The SMILES string of the molecule is C=CC(C)N(c1ccccc1)c1ccc2ccccc2c1. The van der Waals surface area contributed by atoms with Gasteiger partial charge in [-0.25, -0.2) is 0 Å². The van der Waals surface area contributed by atoms with Crippen molar-refractivity contribution < 1.29 is 0 Å². The van der Waals surface area contributed by atoms with Gasteiger partial charge in [-0.1, -0.05) is 54.6 Å². The zero-order chi connectivity index (χ0) is 14.7. The second kappa shape index (κ2) is 5.84. The molecule has 0 heterocycles. The van der Waals surface area contributed by atoms with Gasteiger partial charge in [0.1, 0.15) is 0 Å². The smallest absolute Gasteiger partial charge is 0.0491 e. The van der Waals surface area contributed by atoms with Crippen LogP contribution in [0.4, 0.5) is 11.4 Å². The Morgan fingerprint density at radius 2 is 1.48 bits per heavy atom. The summed E-state index contributed by atoms with van der Waals surface area (Å²) in [6, 6.07) is 25.7. The first-order valence-corrected chi connectivity index (χ1v) is 7.25. The molecule has 0 aromatic heterocycles. The molecule has 3 aromatic rings. The number of rotatable bonds is 4. The van der Waals surface area contributed by atoms with Crippen LogP contribution in [0.5, 0.6) is 0 Å². The summed E-state index contributed by atoms with van der Waals surface area (Å²) in [6.07, 6.45) is 1.97. The van der Waals surface area contributed by atoms with Crippen molar-refractivity contribution in [3.8, 4) is 0 Å². The number of nitrogens with zero attached hydrogens (tertiary/aromatic N) is 1. The van der Waals surface area contributed by atoms with Crippen LogP contribution in [-0.4, -0.2) is 6.04 Å². The van der Waals surface area contributed by atoms with Gasteiger partial charge in [-0.05, 0) is 42.0 Å². The van der Waals surface area contributed by atoms with Crippen molar-refractivity contribution in [3.63, 3.8) is 0 Å². The van der Waals surface area contributed by atoms with Crippen LogP contribution < -0.4 is 4.90 Å². The summed E-state index contributed by atoms with van der Waals surface area (Å²) in [5.74, 6) is 0. The van der Waals surface area contributed by atoms with Crippen LogP contribution in [0.1, 0.15) is 6.92 Å². The van der Waals surface area contributed by atoms with E-state index in [9.17, 15) is 0 Å². The number of benzene rings is 3. The molecule has 0 fully saturated rings. The van der Waals surface area contributed by atoms with E-state index in [2.05, 4.69) is 85.1 Å². The predicted octanol–water partition coefficient (Wildman–Crippen LogP) is 5.55. The molecule has 0 bridgehead atoms. The van der Waals surface area contributed by atoms with Crippen LogP contribution in [0, 0.1) is 0 Å². The molecule has 1 heteroatoms. The van der Waals surface area contributed by atoms with Crippen molar-refractivity contribution in [2.75, 3.05) is 4.90 Å². The fraction of sp³-hybridized carbons (Fsp3) is 0.100. The zero-order valence-electron chi connectivity index (χ0n) is 12.2. The molecular formula is C20H19N. The first-order chi connectivity index (χ1) is 10.3. The minimum absolute atomic E-state index is 0.230. The molecule has 1 nitrogen and oxygen atoms in total. The minimum Gasteiger partial charge on any atom is -0.335 e. The normalized spacial score (nSPS) is 12.0. The van der Waals surface area contributed by atoms with Crippen molar-refractivity contribution in [2.45, 2.75) is 13.0 Å². The molecule has 3 rings (SSSR count). The summed E-state index contributed by atoms with van der Waals surface area (Å²) < 4.78 is 0. The lowest BCUT2D eigenvalue weighted by Gasteiger charge is -2.30. The van der Waals surface area contributed by atoms with E-state index in [-0.39, 0.29) is 6.04 Å². The molecule has 0 amide bonds. The van der Waals surface area contributed by atoms with Gasteiger partial charge >= 0.3 is 0 Å². The van der Waals surface area contributed by atoms with Gasteiger partial charge in [-0.3, -0.25) is 0 Å². The van der Waals surface area contributed by atoms with E-state index in [1.54, 1.807) is 0 Å². The number of hydrogen-bond acceptors (Lipinski definition) is 1. The molecule has 104 valence electrons. The molecule has 1 atom stereocenters. The highest BCUT2D eigenvalue weighted by Crippen LogP contribution is 2.30. The first-order valence-electron chi connectivity index (χ1n) is 7.25. The molecular weight excluding hydrogens is 254 g/mol. The number of para-hydroxylation sites is 1. The first kappa shape index (κ1) is 13.4. The highest BCUT2D eigenvalue weighted by Gasteiger charge is 2.14. The van der Waals surface area contributed by atoms with Crippen LogP contribution >= 0.6 is 0 Å². The monoisotopic (exact) mass is 273 g/mol. The molecule has 0 saturated heterocycles. The second-order valence-corrected chi connectivity index (χ2v) is 5.21. The lowest BCUT2D eigenvalue weighted by Crippen LogP contribution is -2.26. The summed E-state index contributed by atoms with van der Waals surface area (Å²) >= 11 is 0. The summed E-state index contributed by atoms with van der Waals surface area (Å²) in [7, 11) is 0. The van der Waals surface area contributed by atoms with Gasteiger partial charge in [0.25, 0.3) is 0 Å². The predicted molar refractivity (Wildman–Crippen MR) is 92.2 cm³/mol. The minimum atomic E-state index is 0.230. The lowest BCUT2D eigenvalue weighted by molar-refractivity contribution is 0.867. The molecule has 3 aromatic carbocycles. The molecule has 0 aliphatic heterocycles. The Kier molecular flexibility index (Phi) is 3.74. The van der Waals surface area contributed by atoms with E-state index < -0.39 is 0 Å². The molecule has 0 aliphatic carbocycles. The highest BCUT2D eigenvalue weighted by molar-refractivity contribution is 5.87. The summed E-state index contributed by atoms with van der Waals surface area (Å²) in [6.45, 7) is 6.12. The van der Waals surface area contributed by atoms with E-state index in [1.807, 2.05) is 12.1 Å². The Hall–Kier alpha value is -2.54. The molecule has 0 N–H and O–H groups in total. The fourth-order valence-electron chi connectivity index (χ4n) is 2.64. The third-order valence-corrected chi connectivity index (χ3v) is 3.79. The highest BCUT2D eigenvalue weighted by atomic mass is 15.2. The average Bonchev–Trinajstić information content (AvgIpc) is 2.56. The molecule has 0 aliphatic rings. The quantitative estimate of drug-likeness (QED) is 0.563. The van der Waals surface area contributed by atoms with Crippen LogP contribution in [0.2, 0.25) is 0 Å². The van der Waals surface area contributed by atoms with E-state index in [4.69, 9.17) is 0 Å². The van der Waals surface area contributed by atoms with Crippen LogP contribution in [0.15, 0.2) is 85.5 Å². The largest absolute Gasteiger partial charge is 0.335 e. The van der Waals surface area contributed by atoms with Crippen molar-refractivity contribution in [1.82, 2.24) is 0 Å². The van der Waals surface area contributed by atoms with Crippen LogP contribution in [0.25, 0.3) is 10.8 Å².